The Bertz CT molecular complexity index is 1920. The number of ether oxygens (including phenoxy) is 4. The molecule has 0 saturated carbocycles. The molecule has 98 heavy (non-hydrogen) atoms. The maximum Gasteiger partial charge on any atom is 0.472 e. The van der Waals surface area contributed by atoms with Crippen LogP contribution in [0.2, 0.25) is 0 Å². The van der Waals surface area contributed by atoms with Crippen LogP contribution in [0.15, 0.2) is 0 Å². The molecule has 0 aliphatic heterocycles. The largest absolute Gasteiger partial charge is 0.472 e. The minimum atomic E-state index is -4.96. The molecule has 3 N–H and O–H groups in total. The van der Waals surface area contributed by atoms with Gasteiger partial charge in [-0.25, -0.2) is 9.13 Å². The van der Waals surface area contributed by atoms with Gasteiger partial charge in [0.15, 0.2) is 12.2 Å². The van der Waals surface area contributed by atoms with E-state index in [1.807, 2.05) is 0 Å². The summed E-state index contributed by atoms with van der Waals surface area (Å²) < 4.78 is 68.5. The monoisotopic (exact) mass is 1440 g/mol. The molecule has 0 aliphatic carbocycles. The van der Waals surface area contributed by atoms with Gasteiger partial charge >= 0.3 is 39.5 Å². The van der Waals surface area contributed by atoms with Gasteiger partial charge in [-0.1, -0.05) is 351 Å². The first-order valence-corrected chi connectivity index (χ1v) is 43.7. The summed E-state index contributed by atoms with van der Waals surface area (Å²) in [5.41, 5.74) is 0. The van der Waals surface area contributed by atoms with Crippen LogP contribution >= 0.6 is 15.6 Å². The smallest absolute Gasteiger partial charge is 0.462 e. The molecule has 6 atom stereocenters. The Morgan fingerprint density at radius 3 is 0.724 bits per heavy atom. The molecule has 0 aliphatic rings. The summed E-state index contributed by atoms with van der Waals surface area (Å²) in [6.07, 6.45) is 54.5. The lowest BCUT2D eigenvalue weighted by atomic mass is 9.99. The summed E-state index contributed by atoms with van der Waals surface area (Å²) in [5, 5.41) is 10.6. The van der Waals surface area contributed by atoms with E-state index in [1.165, 1.54) is 193 Å². The molecule has 0 bridgehead atoms. The highest BCUT2D eigenvalue weighted by molar-refractivity contribution is 7.47. The summed E-state index contributed by atoms with van der Waals surface area (Å²) in [5.74, 6) is 0.929. The Balaban J connectivity index is 5.14. The molecule has 0 saturated heterocycles. The predicted octanol–water partition coefficient (Wildman–Crippen LogP) is 23.2. The van der Waals surface area contributed by atoms with E-state index in [2.05, 4.69) is 55.4 Å². The molecule has 0 aromatic carbocycles. The Kier molecular flexibility index (Phi) is 66.8. The van der Waals surface area contributed by atoms with Crippen LogP contribution in [-0.2, 0) is 65.4 Å². The standard InChI is InChI=1S/C79H154O17P2/c1-9-72(8)58-50-42-33-27-23-19-14-12-10-11-13-15-20-24-28-34-45-53-62-79(84)96-75(66-90-77(82)60-52-44-38-37-41-49-57-71(6)7)68-94-98(87,88)92-64-73(80)63-91-97(85,86)93-67-74(65-89-76(81)59-51-43-36-30-32-40-48-56-70(4)5)95-78(83)61-54-46-35-29-25-21-17-16-18-22-26-31-39-47-55-69(2)3/h69-75,80H,9-68H2,1-8H3,(H,85,86)(H,87,88)/t72?,73-,74-,75-/m1/s1. The van der Waals surface area contributed by atoms with E-state index in [1.54, 1.807) is 0 Å². The van der Waals surface area contributed by atoms with Crippen LogP contribution in [0.25, 0.3) is 0 Å². The zero-order valence-corrected chi connectivity index (χ0v) is 66.2. The molecular weight excluding hydrogens is 1280 g/mol. The molecular formula is C79H154O17P2. The Labute approximate surface area is 600 Å². The number of hydrogen-bond donors (Lipinski definition) is 3. The summed E-state index contributed by atoms with van der Waals surface area (Å²) in [6, 6.07) is 0. The fourth-order valence-corrected chi connectivity index (χ4v) is 13.6. The highest BCUT2D eigenvalue weighted by Crippen LogP contribution is 2.45. The van der Waals surface area contributed by atoms with Gasteiger partial charge < -0.3 is 33.8 Å². The van der Waals surface area contributed by atoms with Crippen molar-refractivity contribution in [3.05, 3.63) is 0 Å². The molecule has 0 radical (unpaired) electrons. The van der Waals surface area contributed by atoms with Crippen LogP contribution in [0.1, 0.15) is 402 Å². The van der Waals surface area contributed by atoms with Gasteiger partial charge in [0.1, 0.15) is 19.3 Å². The zero-order valence-electron chi connectivity index (χ0n) is 64.4. The molecule has 0 fully saturated rings. The first-order chi connectivity index (χ1) is 47.1. The lowest BCUT2D eigenvalue weighted by Crippen LogP contribution is -2.30. The Morgan fingerprint density at radius 1 is 0.286 bits per heavy atom. The van der Waals surface area contributed by atoms with E-state index in [9.17, 15) is 43.2 Å². The topological polar surface area (TPSA) is 237 Å². The zero-order chi connectivity index (χ0) is 72.4. The average Bonchev–Trinajstić information content (AvgIpc) is 0.933. The molecule has 0 heterocycles. The Hall–Kier alpha value is -1.94. The second-order valence-electron chi connectivity index (χ2n) is 30.1. The molecule has 19 heteroatoms. The first kappa shape index (κ1) is 96.1. The third-order valence-corrected chi connectivity index (χ3v) is 20.6. The molecule has 3 unspecified atom stereocenters. The van der Waals surface area contributed by atoms with E-state index in [0.29, 0.717) is 37.5 Å². The third-order valence-electron chi connectivity index (χ3n) is 18.7. The van der Waals surface area contributed by atoms with Gasteiger partial charge in [0, 0.05) is 25.7 Å². The molecule has 582 valence electrons. The van der Waals surface area contributed by atoms with Crippen LogP contribution in [0.5, 0.6) is 0 Å². The van der Waals surface area contributed by atoms with Gasteiger partial charge in [0.05, 0.1) is 26.4 Å². The number of rotatable bonds is 76. The van der Waals surface area contributed by atoms with Crippen LogP contribution in [0.3, 0.4) is 0 Å². The van der Waals surface area contributed by atoms with E-state index in [0.717, 1.165) is 115 Å². The van der Waals surface area contributed by atoms with E-state index in [-0.39, 0.29) is 25.7 Å². The number of aliphatic hydroxyl groups excluding tert-OH is 1. The summed E-state index contributed by atoms with van der Waals surface area (Å²) >= 11 is 0. The van der Waals surface area contributed by atoms with Crippen molar-refractivity contribution >= 4 is 39.5 Å². The lowest BCUT2D eigenvalue weighted by Gasteiger charge is -2.21. The van der Waals surface area contributed by atoms with Gasteiger partial charge in [-0.3, -0.25) is 37.3 Å². The molecule has 0 amide bonds. The number of carbonyl (C=O) groups excluding carboxylic acids is 4. The fraction of sp³-hybridized carbons (Fsp3) is 0.949. The van der Waals surface area contributed by atoms with Crippen LogP contribution in [0, 0.1) is 23.7 Å². The highest BCUT2D eigenvalue weighted by Gasteiger charge is 2.30. The number of hydrogen-bond acceptors (Lipinski definition) is 15. The number of carbonyl (C=O) groups is 4. The Morgan fingerprint density at radius 2 is 0.490 bits per heavy atom. The van der Waals surface area contributed by atoms with Crippen molar-refractivity contribution in [3.8, 4) is 0 Å². The normalized spacial score (nSPS) is 14.3. The van der Waals surface area contributed by atoms with Crippen molar-refractivity contribution < 1.29 is 80.2 Å². The first-order valence-electron chi connectivity index (χ1n) is 40.7. The predicted molar refractivity (Wildman–Crippen MR) is 400 cm³/mol. The molecule has 0 aromatic heterocycles. The summed E-state index contributed by atoms with van der Waals surface area (Å²) in [7, 11) is -9.91. The van der Waals surface area contributed by atoms with E-state index in [4.69, 9.17) is 37.0 Å². The van der Waals surface area contributed by atoms with Crippen molar-refractivity contribution in [2.24, 2.45) is 23.7 Å². The van der Waals surface area contributed by atoms with Crippen molar-refractivity contribution in [3.63, 3.8) is 0 Å². The number of phosphoric ester groups is 2. The number of aliphatic hydroxyl groups is 1. The summed E-state index contributed by atoms with van der Waals surface area (Å²) in [6.45, 7) is 14.2. The van der Waals surface area contributed by atoms with Gasteiger partial charge in [-0.15, -0.1) is 0 Å². The molecule has 0 spiro atoms. The van der Waals surface area contributed by atoms with Crippen LogP contribution < -0.4 is 0 Å². The fourth-order valence-electron chi connectivity index (χ4n) is 12.0. The van der Waals surface area contributed by atoms with Gasteiger partial charge in [-0.05, 0) is 49.4 Å². The second-order valence-corrected chi connectivity index (χ2v) is 33.0. The maximum atomic E-state index is 13.1. The average molecular weight is 1440 g/mol. The molecule has 0 rings (SSSR count). The van der Waals surface area contributed by atoms with Gasteiger partial charge in [-0.2, -0.15) is 0 Å². The minimum Gasteiger partial charge on any atom is -0.462 e. The van der Waals surface area contributed by atoms with Crippen LogP contribution in [0.4, 0.5) is 0 Å². The van der Waals surface area contributed by atoms with E-state index < -0.39 is 97.5 Å². The van der Waals surface area contributed by atoms with Crippen LogP contribution in [-0.4, -0.2) is 96.7 Å². The van der Waals surface area contributed by atoms with Crippen molar-refractivity contribution in [1.29, 1.82) is 0 Å². The second kappa shape index (κ2) is 68.2. The van der Waals surface area contributed by atoms with Gasteiger partial charge in [0.25, 0.3) is 0 Å². The third kappa shape index (κ3) is 71.1. The maximum absolute atomic E-state index is 13.1. The number of phosphoric acid groups is 2. The van der Waals surface area contributed by atoms with Gasteiger partial charge in [0.2, 0.25) is 0 Å². The SMILES string of the molecule is CCC(C)CCCCCCCCCCCCCCCCCCCCC(=O)O[C@H](COC(=O)CCCCCCCCC(C)C)COP(=O)(O)OC[C@H](O)COP(=O)(O)OC[C@@H](COC(=O)CCCCCCCCCC(C)C)OC(=O)CCCCCCCCCCCCCCCCC(C)C. The van der Waals surface area contributed by atoms with Crippen molar-refractivity contribution in [1.82, 2.24) is 0 Å². The minimum absolute atomic E-state index is 0.106. The number of unbranched alkanes of at least 4 members (excludes halogenated alkanes) is 41. The molecule has 17 nitrogen and oxygen atoms in total. The molecule has 0 aromatic rings. The number of esters is 4. The van der Waals surface area contributed by atoms with E-state index >= 15 is 0 Å². The lowest BCUT2D eigenvalue weighted by molar-refractivity contribution is -0.161. The quantitative estimate of drug-likeness (QED) is 0.0222. The van der Waals surface area contributed by atoms with Crippen molar-refractivity contribution in [2.75, 3.05) is 39.6 Å². The summed E-state index contributed by atoms with van der Waals surface area (Å²) in [4.78, 5) is 72.8. The van der Waals surface area contributed by atoms with Crippen molar-refractivity contribution in [2.45, 2.75) is 420 Å². The highest BCUT2D eigenvalue weighted by atomic mass is 31.2.